The molecule has 4 heterocycles. The number of rotatable bonds is 4. The molecule has 0 saturated heterocycles. The second-order valence-corrected chi connectivity index (χ2v) is 8.08. The maximum absolute atomic E-state index is 12.7. The van der Waals surface area contributed by atoms with Crippen LogP contribution in [-0.2, 0) is 29.1 Å². The van der Waals surface area contributed by atoms with E-state index < -0.39 is 5.97 Å². The van der Waals surface area contributed by atoms with Crippen molar-refractivity contribution >= 4 is 49.9 Å². The molecule has 3 aromatic rings. The zero-order valence-electron chi connectivity index (χ0n) is 14.7. The van der Waals surface area contributed by atoms with Gasteiger partial charge in [0.15, 0.2) is 5.13 Å². The monoisotopic (exact) mass is 404 g/mol. The molecule has 0 radical (unpaired) electrons. The SMILES string of the molecule is CC(=O)Nc1nc(COC(=O)c2sc3nc4n(c(=O)c3c2C)CCC4)cs1. The second-order valence-electron chi connectivity index (χ2n) is 6.23. The summed E-state index contributed by atoms with van der Waals surface area (Å²) in [5, 5.41) is 5.26. The lowest BCUT2D eigenvalue weighted by Gasteiger charge is -2.02. The van der Waals surface area contributed by atoms with Gasteiger partial charge in [-0.2, -0.15) is 0 Å². The van der Waals surface area contributed by atoms with Gasteiger partial charge in [-0.05, 0) is 18.9 Å². The number of aryl methyl sites for hydroxylation is 2. The van der Waals surface area contributed by atoms with Crippen LogP contribution in [0.25, 0.3) is 10.2 Å². The predicted octanol–water partition coefficient (Wildman–Crippen LogP) is 2.48. The number of esters is 1. The van der Waals surface area contributed by atoms with E-state index in [1.165, 1.54) is 29.6 Å². The van der Waals surface area contributed by atoms with Crippen LogP contribution >= 0.6 is 22.7 Å². The minimum atomic E-state index is -0.505. The fourth-order valence-electron chi connectivity index (χ4n) is 3.06. The first kappa shape index (κ1) is 17.8. The Morgan fingerprint density at radius 2 is 2.19 bits per heavy atom. The average molecular weight is 404 g/mol. The van der Waals surface area contributed by atoms with Gasteiger partial charge in [0.2, 0.25) is 5.91 Å². The summed E-state index contributed by atoms with van der Waals surface area (Å²) < 4.78 is 7.04. The van der Waals surface area contributed by atoms with Crippen LogP contribution in [0.1, 0.15) is 40.1 Å². The Morgan fingerprint density at radius 1 is 1.37 bits per heavy atom. The Morgan fingerprint density at radius 3 is 2.96 bits per heavy atom. The molecule has 0 aliphatic carbocycles. The van der Waals surface area contributed by atoms with Crippen LogP contribution in [0.2, 0.25) is 0 Å². The van der Waals surface area contributed by atoms with Gasteiger partial charge < -0.3 is 10.1 Å². The third kappa shape index (κ3) is 3.26. The molecule has 1 N–H and O–H groups in total. The lowest BCUT2D eigenvalue weighted by atomic mass is 10.2. The molecular formula is C17H16N4O4S2. The zero-order chi connectivity index (χ0) is 19.1. The van der Waals surface area contributed by atoms with E-state index >= 15 is 0 Å². The van der Waals surface area contributed by atoms with E-state index in [0.29, 0.717) is 38.0 Å². The number of carbonyl (C=O) groups is 2. The summed E-state index contributed by atoms with van der Waals surface area (Å²) >= 11 is 2.45. The molecule has 3 aromatic heterocycles. The molecule has 0 bridgehead atoms. The molecule has 0 saturated carbocycles. The normalized spacial score (nSPS) is 13.0. The number of nitrogens with zero attached hydrogens (tertiary/aromatic N) is 3. The van der Waals surface area contributed by atoms with Crippen molar-refractivity contribution in [2.75, 3.05) is 5.32 Å². The summed E-state index contributed by atoms with van der Waals surface area (Å²) in [6.07, 6.45) is 1.70. The first-order valence-electron chi connectivity index (χ1n) is 8.36. The van der Waals surface area contributed by atoms with Gasteiger partial charge in [0.25, 0.3) is 5.56 Å². The molecular weight excluding hydrogens is 388 g/mol. The van der Waals surface area contributed by atoms with E-state index in [9.17, 15) is 14.4 Å². The largest absolute Gasteiger partial charge is 0.455 e. The molecule has 0 fully saturated rings. The number of hydrogen-bond donors (Lipinski definition) is 1. The average Bonchev–Trinajstić information content (AvgIpc) is 3.32. The Labute approximate surface area is 161 Å². The highest BCUT2D eigenvalue weighted by molar-refractivity contribution is 7.20. The van der Waals surface area contributed by atoms with E-state index in [2.05, 4.69) is 15.3 Å². The molecule has 8 nitrogen and oxygen atoms in total. The van der Waals surface area contributed by atoms with Crippen LogP contribution in [-0.4, -0.2) is 26.4 Å². The van der Waals surface area contributed by atoms with E-state index in [1.54, 1.807) is 16.9 Å². The van der Waals surface area contributed by atoms with E-state index in [4.69, 9.17) is 4.74 Å². The number of fused-ring (bicyclic) bond motifs is 2. The number of nitrogens with one attached hydrogen (secondary N) is 1. The van der Waals surface area contributed by atoms with Crippen molar-refractivity contribution in [1.82, 2.24) is 14.5 Å². The quantitative estimate of drug-likeness (QED) is 0.670. The molecule has 0 aromatic carbocycles. The number of ether oxygens (including phenoxy) is 1. The molecule has 0 atom stereocenters. The summed E-state index contributed by atoms with van der Waals surface area (Å²) in [6.45, 7) is 3.81. The molecule has 1 amide bonds. The molecule has 27 heavy (non-hydrogen) atoms. The predicted molar refractivity (Wildman–Crippen MR) is 102 cm³/mol. The number of thiophene rings is 1. The Kier molecular flexibility index (Phi) is 4.52. The Balaban J connectivity index is 1.55. The summed E-state index contributed by atoms with van der Waals surface area (Å²) in [5.41, 5.74) is 1.07. The van der Waals surface area contributed by atoms with Crippen molar-refractivity contribution in [3.8, 4) is 0 Å². The molecule has 1 aliphatic heterocycles. The summed E-state index contributed by atoms with van der Waals surface area (Å²) in [5.74, 6) is 0.0651. The third-order valence-corrected chi connectivity index (χ3v) is 6.26. The van der Waals surface area contributed by atoms with Crippen LogP contribution < -0.4 is 10.9 Å². The number of hydrogen-bond acceptors (Lipinski definition) is 8. The van der Waals surface area contributed by atoms with Gasteiger partial charge in [0.05, 0.1) is 11.1 Å². The molecule has 140 valence electrons. The number of thiazole rings is 1. The maximum atomic E-state index is 12.7. The van der Waals surface area contributed by atoms with E-state index in [0.717, 1.165) is 18.7 Å². The van der Waals surface area contributed by atoms with Gasteiger partial charge in [-0.25, -0.2) is 14.8 Å². The van der Waals surface area contributed by atoms with Crippen molar-refractivity contribution in [3.05, 3.63) is 37.7 Å². The summed E-state index contributed by atoms with van der Waals surface area (Å²) in [6, 6.07) is 0. The van der Waals surface area contributed by atoms with Gasteiger partial charge >= 0.3 is 5.97 Å². The lowest BCUT2D eigenvalue weighted by molar-refractivity contribution is -0.114. The molecule has 0 unspecified atom stereocenters. The molecule has 4 rings (SSSR count). The van der Waals surface area contributed by atoms with Gasteiger partial charge in [0.1, 0.15) is 22.1 Å². The van der Waals surface area contributed by atoms with Crippen LogP contribution in [0.5, 0.6) is 0 Å². The fraction of sp³-hybridized carbons (Fsp3) is 0.353. The standard InChI is InChI=1S/C17H16N4O4S2/c1-8-12-14(20-11-4-3-5-21(11)15(12)23)27-13(8)16(24)25-6-10-7-26-17(19-10)18-9(2)22/h7H,3-6H2,1-2H3,(H,18,19,22). The van der Waals surface area contributed by atoms with E-state index in [-0.39, 0.29) is 18.1 Å². The highest BCUT2D eigenvalue weighted by atomic mass is 32.1. The summed E-state index contributed by atoms with van der Waals surface area (Å²) in [7, 11) is 0. The number of aromatic nitrogens is 3. The zero-order valence-corrected chi connectivity index (χ0v) is 16.3. The summed E-state index contributed by atoms with van der Waals surface area (Å²) in [4.78, 5) is 45.9. The van der Waals surface area contributed by atoms with Crippen molar-refractivity contribution in [2.24, 2.45) is 0 Å². The smallest absolute Gasteiger partial charge is 0.349 e. The highest BCUT2D eigenvalue weighted by Crippen LogP contribution is 2.29. The van der Waals surface area contributed by atoms with Crippen LogP contribution in [0.3, 0.4) is 0 Å². The van der Waals surface area contributed by atoms with Gasteiger partial charge in [-0.3, -0.25) is 14.2 Å². The van der Waals surface area contributed by atoms with Crippen molar-refractivity contribution in [2.45, 2.75) is 39.8 Å². The van der Waals surface area contributed by atoms with Crippen LogP contribution in [0.15, 0.2) is 10.2 Å². The van der Waals surface area contributed by atoms with Gasteiger partial charge in [0, 0.05) is 25.3 Å². The van der Waals surface area contributed by atoms with Crippen molar-refractivity contribution < 1.29 is 14.3 Å². The van der Waals surface area contributed by atoms with Crippen molar-refractivity contribution in [1.29, 1.82) is 0 Å². The minimum absolute atomic E-state index is 0.00842. The van der Waals surface area contributed by atoms with Gasteiger partial charge in [-0.15, -0.1) is 22.7 Å². The van der Waals surface area contributed by atoms with Gasteiger partial charge in [-0.1, -0.05) is 0 Å². The number of carbonyl (C=O) groups excluding carboxylic acids is 2. The van der Waals surface area contributed by atoms with Crippen LogP contribution in [0.4, 0.5) is 5.13 Å². The topological polar surface area (TPSA) is 103 Å². The molecule has 1 aliphatic rings. The lowest BCUT2D eigenvalue weighted by Crippen LogP contribution is -2.20. The first-order valence-corrected chi connectivity index (χ1v) is 10.1. The third-order valence-electron chi connectivity index (χ3n) is 4.28. The molecule has 0 spiro atoms. The van der Waals surface area contributed by atoms with Crippen LogP contribution in [0, 0.1) is 6.92 Å². The highest BCUT2D eigenvalue weighted by Gasteiger charge is 2.24. The minimum Gasteiger partial charge on any atom is -0.455 e. The fourth-order valence-corrected chi connectivity index (χ4v) is 4.88. The number of anilines is 1. The van der Waals surface area contributed by atoms with E-state index in [1.807, 2.05) is 0 Å². The maximum Gasteiger partial charge on any atom is 0.349 e. The number of amides is 1. The first-order chi connectivity index (χ1) is 12.9. The second kappa shape index (κ2) is 6.86. The van der Waals surface area contributed by atoms with Crippen molar-refractivity contribution in [3.63, 3.8) is 0 Å². The molecule has 10 heteroatoms. The Bertz CT molecular complexity index is 1130. The Hall–Kier alpha value is -2.59.